The number of carbonyl (C=O) groups excluding carboxylic acids is 1. The highest BCUT2D eigenvalue weighted by Gasteiger charge is 2.44. The molecular formula is C9H6F2O7S. The monoisotopic (exact) mass is 296 g/mol. The van der Waals surface area contributed by atoms with Gasteiger partial charge in [0, 0.05) is 0 Å². The van der Waals surface area contributed by atoms with Gasteiger partial charge in [-0.15, -0.1) is 4.33 Å². The first-order chi connectivity index (χ1) is 8.88. The van der Waals surface area contributed by atoms with Crippen molar-refractivity contribution in [1.82, 2.24) is 0 Å². The van der Waals surface area contributed by atoms with Gasteiger partial charge in [0.15, 0.2) is 0 Å². The number of hydrogen-bond donors (Lipinski definition) is 2. The summed E-state index contributed by atoms with van der Waals surface area (Å²) >= 11 is -0.807. The second-order valence-electron chi connectivity index (χ2n) is 2.93. The van der Waals surface area contributed by atoms with Crippen molar-refractivity contribution in [2.24, 2.45) is 0 Å². The van der Waals surface area contributed by atoms with Gasteiger partial charge in [0.25, 0.3) is 0 Å². The summed E-state index contributed by atoms with van der Waals surface area (Å²) < 4.78 is 33.8. The Hall–Kier alpha value is -1.75. The molecule has 0 atom stereocenters. The number of aromatic carboxylic acids is 1. The number of rotatable bonds is 6. The summed E-state index contributed by atoms with van der Waals surface area (Å²) in [5.74, 6) is -4.08. The van der Waals surface area contributed by atoms with Crippen LogP contribution in [0.2, 0.25) is 0 Å². The van der Waals surface area contributed by atoms with Crippen molar-refractivity contribution in [2.75, 3.05) is 0 Å². The first-order valence-electron chi connectivity index (χ1n) is 4.47. The molecule has 0 aromatic heterocycles. The van der Waals surface area contributed by atoms with Crippen molar-refractivity contribution in [3.8, 4) is 5.75 Å². The molecule has 0 aliphatic rings. The lowest BCUT2D eigenvalue weighted by Crippen LogP contribution is -2.30. The molecule has 1 rings (SSSR count). The quantitative estimate of drug-likeness (QED) is 0.270. The summed E-state index contributed by atoms with van der Waals surface area (Å²) in [7, 11) is 0. The molecular weight excluding hydrogens is 290 g/mol. The molecule has 0 aliphatic heterocycles. The molecule has 0 bridgehead atoms. The summed E-state index contributed by atoms with van der Waals surface area (Å²) in [6.45, 7) is 0. The predicted octanol–water partition coefficient (Wildman–Crippen LogP) is 1.95. The van der Waals surface area contributed by atoms with Crippen LogP contribution in [0.25, 0.3) is 0 Å². The molecule has 0 saturated carbocycles. The molecule has 0 amide bonds. The third-order valence-corrected chi connectivity index (χ3v) is 2.23. The molecule has 19 heavy (non-hydrogen) atoms. The molecule has 104 valence electrons. The number of esters is 1. The van der Waals surface area contributed by atoms with Crippen molar-refractivity contribution in [1.29, 1.82) is 0 Å². The lowest BCUT2D eigenvalue weighted by atomic mass is 10.2. The topological polar surface area (TPSA) is 102 Å². The highest BCUT2D eigenvalue weighted by atomic mass is 32.2. The zero-order valence-corrected chi connectivity index (χ0v) is 9.73. The van der Waals surface area contributed by atoms with Crippen molar-refractivity contribution in [2.45, 2.75) is 5.25 Å². The zero-order chi connectivity index (χ0) is 14.5. The van der Waals surface area contributed by atoms with E-state index in [-0.39, 0.29) is 0 Å². The van der Waals surface area contributed by atoms with Crippen LogP contribution in [0.4, 0.5) is 8.78 Å². The molecule has 0 fully saturated rings. The van der Waals surface area contributed by atoms with E-state index >= 15 is 0 Å². The molecule has 0 aliphatic carbocycles. The van der Waals surface area contributed by atoms with E-state index in [0.717, 1.165) is 12.1 Å². The summed E-state index contributed by atoms with van der Waals surface area (Å²) in [6, 6.07) is 4.74. The Morgan fingerprint density at radius 1 is 1.26 bits per heavy atom. The van der Waals surface area contributed by atoms with Crippen molar-refractivity contribution in [3.63, 3.8) is 0 Å². The van der Waals surface area contributed by atoms with E-state index < -0.39 is 40.5 Å². The fourth-order valence-corrected chi connectivity index (χ4v) is 1.21. The van der Waals surface area contributed by atoms with Gasteiger partial charge in [-0.25, -0.2) is 14.8 Å². The smallest absolute Gasteiger partial charge is 0.416 e. The number of alkyl halides is 2. The number of carbonyl (C=O) groups is 2. The van der Waals surface area contributed by atoms with Gasteiger partial charge >= 0.3 is 17.2 Å². The van der Waals surface area contributed by atoms with E-state index in [1.807, 2.05) is 0 Å². The van der Waals surface area contributed by atoms with Gasteiger partial charge in [-0.2, -0.15) is 8.78 Å². The van der Waals surface area contributed by atoms with Crippen LogP contribution in [0.3, 0.4) is 0 Å². The lowest BCUT2D eigenvalue weighted by Gasteiger charge is -2.12. The summed E-state index contributed by atoms with van der Waals surface area (Å²) in [5, 5.41) is 15.2. The molecule has 0 radical (unpaired) electrons. The Balaban J connectivity index is 2.85. The normalized spacial score (nSPS) is 11.1. The molecule has 0 unspecified atom stereocenters. The first kappa shape index (κ1) is 15.3. The zero-order valence-electron chi connectivity index (χ0n) is 8.91. The lowest BCUT2D eigenvalue weighted by molar-refractivity contribution is -0.433. The Morgan fingerprint density at radius 2 is 1.89 bits per heavy atom. The van der Waals surface area contributed by atoms with Gasteiger partial charge in [0.2, 0.25) is 0 Å². The van der Waals surface area contributed by atoms with E-state index in [1.54, 1.807) is 0 Å². The number of hydrogen-bond acceptors (Lipinski definition) is 7. The maximum absolute atomic E-state index is 13.0. The minimum absolute atomic E-state index is 0.462. The highest BCUT2D eigenvalue weighted by Crippen LogP contribution is 2.32. The minimum atomic E-state index is -4.20. The van der Waals surface area contributed by atoms with Crippen LogP contribution < -0.4 is 4.74 Å². The Labute approximate surface area is 108 Å². The van der Waals surface area contributed by atoms with E-state index in [4.69, 9.17) is 10.4 Å². The number of halogens is 2. The van der Waals surface area contributed by atoms with Crippen LogP contribution in [-0.2, 0) is 14.2 Å². The van der Waals surface area contributed by atoms with Gasteiger partial charge < -0.3 is 9.84 Å². The van der Waals surface area contributed by atoms with E-state index in [1.165, 1.54) is 12.1 Å². The van der Waals surface area contributed by atoms with Gasteiger partial charge in [0.1, 0.15) is 23.4 Å². The molecule has 0 spiro atoms. The minimum Gasteiger partial charge on any atom is -0.478 e. The summed E-state index contributed by atoms with van der Waals surface area (Å²) in [6.07, 6.45) is 0. The number of para-hydroxylation sites is 1. The number of carboxylic acids is 1. The molecule has 0 heterocycles. The third-order valence-electron chi connectivity index (χ3n) is 1.73. The Morgan fingerprint density at radius 3 is 2.47 bits per heavy atom. The summed E-state index contributed by atoms with van der Waals surface area (Å²) in [4.78, 5) is 21.9. The molecule has 10 heteroatoms. The van der Waals surface area contributed by atoms with Crippen LogP contribution in [0.15, 0.2) is 24.3 Å². The number of carboxylic acid groups (broad SMARTS) is 1. The fourth-order valence-electron chi connectivity index (χ4n) is 0.984. The molecule has 1 aromatic carbocycles. The Kier molecular flexibility index (Phi) is 5.18. The summed E-state index contributed by atoms with van der Waals surface area (Å²) in [5.41, 5.74) is -0.462. The van der Waals surface area contributed by atoms with Crippen LogP contribution in [-0.4, -0.2) is 27.6 Å². The molecule has 2 N–H and O–H groups in total. The molecule has 0 saturated heterocycles. The Bertz CT molecular complexity index is 479. The highest BCUT2D eigenvalue weighted by molar-refractivity contribution is 7.96. The average molecular weight is 296 g/mol. The SMILES string of the molecule is O=C(O)c1ccccc1OC(=O)C(F)(F)SOOO. The second-order valence-corrected chi connectivity index (χ2v) is 3.75. The number of ether oxygens (including phenoxy) is 1. The fraction of sp³-hybridized carbons (Fsp3) is 0.111. The third kappa shape index (κ3) is 4.13. The van der Waals surface area contributed by atoms with Gasteiger partial charge in [-0.3, -0.25) is 0 Å². The largest absolute Gasteiger partial charge is 0.478 e. The average Bonchev–Trinajstić information content (AvgIpc) is 2.36. The molecule has 1 aromatic rings. The van der Waals surface area contributed by atoms with Gasteiger partial charge in [0.05, 0.1) is 0 Å². The van der Waals surface area contributed by atoms with Crippen molar-refractivity contribution < 1.29 is 42.8 Å². The van der Waals surface area contributed by atoms with Crippen LogP contribution >= 0.6 is 12.0 Å². The van der Waals surface area contributed by atoms with E-state index in [0.29, 0.717) is 0 Å². The van der Waals surface area contributed by atoms with E-state index in [9.17, 15) is 18.4 Å². The first-order valence-corrected chi connectivity index (χ1v) is 5.21. The van der Waals surface area contributed by atoms with Gasteiger partial charge in [-0.05, 0) is 12.1 Å². The number of benzene rings is 1. The maximum Gasteiger partial charge on any atom is 0.416 e. The standard InChI is InChI=1S/C9H6F2O7S/c10-9(11,19-18-17-15)8(14)16-6-4-2-1-3-5(6)7(12)13/h1-4,15H,(H,12,13). The van der Waals surface area contributed by atoms with Crippen LogP contribution in [0.1, 0.15) is 10.4 Å². The molecule has 7 nitrogen and oxygen atoms in total. The van der Waals surface area contributed by atoms with Crippen molar-refractivity contribution >= 4 is 24.0 Å². The predicted molar refractivity (Wildman–Crippen MR) is 56.4 cm³/mol. The van der Waals surface area contributed by atoms with Crippen LogP contribution in [0.5, 0.6) is 5.75 Å². The van der Waals surface area contributed by atoms with Crippen LogP contribution in [0, 0.1) is 0 Å². The maximum atomic E-state index is 13.0. The second kappa shape index (κ2) is 6.43. The van der Waals surface area contributed by atoms with Gasteiger partial charge in [-0.1, -0.05) is 17.2 Å². The van der Waals surface area contributed by atoms with E-state index in [2.05, 4.69) is 14.1 Å². The van der Waals surface area contributed by atoms with Crippen molar-refractivity contribution in [3.05, 3.63) is 29.8 Å².